The van der Waals surface area contributed by atoms with E-state index in [9.17, 15) is 19.7 Å². The van der Waals surface area contributed by atoms with Crippen LogP contribution in [0.4, 0.5) is 10.5 Å². The number of non-ortho nitro benzene ring substituents is 1. The minimum absolute atomic E-state index is 0.0239. The predicted molar refractivity (Wildman–Crippen MR) is 142 cm³/mol. The molecule has 0 spiro atoms. The third-order valence-electron chi connectivity index (χ3n) is 6.46. The SMILES string of the molecule is Cc1ccc(CNC(=O)c2cnn(-c3ccc([N+](=O)[O-])cc3)c2C2CCN(C(=O)OC(C)(C)C)CC2)cc1. The van der Waals surface area contributed by atoms with Gasteiger partial charge in [-0.05, 0) is 58.2 Å². The van der Waals surface area contributed by atoms with E-state index in [0.29, 0.717) is 43.7 Å². The first-order valence-electron chi connectivity index (χ1n) is 12.7. The Hall–Kier alpha value is -4.21. The third kappa shape index (κ3) is 6.37. The van der Waals surface area contributed by atoms with Gasteiger partial charge in [0, 0.05) is 37.7 Å². The molecule has 2 heterocycles. The summed E-state index contributed by atoms with van der Waals surface area (Å²) in [5.41, 5.74) is 3.33. The van der Waals surface area contributed by atoms with Gasteiger partial charge in [0.15, 0.2) is 0 Å². The van der Waals surface area contributed by atoms with Crippen molar-refractivity contribution in [2.24, 2.45) is 0 Å². The highest BCUT2D eigenvalue weighted by molar-refractivity contribution is 5.95. The van der Waals surface area contributed by atoms with Gasteiger partial charge in [0.1, 0.15) is 5.60 Å². The summed E-state index contributed by atoms with van der Waals surface area (Å²) < 4.78 is 7.20. The summed E-state index contributed by atoms with van der Waals surface area (Å²) in [5.74, 6) is -0.296. The first-order valence-corrected chi connectivity index (χ1v) is 12.7. The number of amides is 2. The lowest BCUT2D eigenvalue weighted by Crippen LogP contribution is -2.41. The standard InChI is InChI=1S/C28H33N5O5/c1-19-5-7-20(8-6-19)17-29-26(34)24-18-30-32(22-9-11-23(12-10-22)33(36)37)25(24)21-13-15-31(16-14-21)27(35)38-28(2,3)4/h5-12,18,21H,13-17H2,1-4H3,(H,29,34). The number of hydrogen-bond acceptors (Lipinski definition) is 6. The number of carbonyl (C=O) groups excluding carboxylic acids is 2. The molecule has 1 saturated heterocycles. The molecular formula is C28H33N5O5. The molecule has 2 aromatic carbocycles. The molecule has 3 aromatic rings. The molecule has 38 heavy (non-hydrogen) atoms. The molecule has 200 valence electrons. The van der Waals surface area contributed by atoms with E-state index in [1.807, 2.05) is 52.0 Å². The Labute approximate surface area is 221 Å². The number of nitrogens with one attached hydrogen (secondary N) is 1. The molecule has 0 aliphatic carbocycles. The number of carbonyl (C=O) groups is 2. The van der Waals surface area contributed by atoms with Crippen LogP contribution in [-0.2, 0) is 11.3 Å². The fourth-order valence-electron chi connectivity index (χ4n) is 4.49. The summed E-state index contributed by atoms with van der Waals surface area (Å²) in [5, 5.41) is 18.6. The minimum Gasteiger partial charge on any atom is -0.444 e. The number of piperidine rings is 1. The third-order valence-corrected chi connectivity index (χ3v) is 6.46. The van der Waals surface area contributed by atoms with Crippen molar-refractivity contribution in [1.29, 1.82) is 0 Å². The topological polar surface area (TPSA) is 120 Å². The Morgan fingerprint density at radius 3 is 2.29 bits per heavy atom. The van der Waals surface area contributed by atoms with Gasteiger partial charge in [-0.3, -0.25) is 14.9 Å². The number of likely N-dealkylation sites (tertiary alicyclic amines) is 1. The molecule has 1 aliphatic rings. The van der Waals surface area contributed by atoms with Gasteiger partial charge in [0.25, 0.3) is 11.6 Å². The lowest BCUT2D eigenvalue weighted by Gasteiger charge is -2.34. The van der Waals surface area contributed by atoms with Gasteiger partial charge >= 0.3 is 6.09 Å². The zero-order valence-corrected chi connectivity index (χ0v) is 22.1. The van der Waals surface area contributed by atoms with E-state index in [0.717, 1.165) is 16.8 Å². The van der Waals surface area contributed by atoms with Crippen LogP contribution in [0.2, 0.25) is 0 Å². The first-order chi connectivity index (χ1) is 18.0. The number of rotatable bonds is 6. The van der Waals surface area contributed by atoms with Crippen molar-refractivity contribution < 1.29 is 19.2 Å². The van der Waals surface area contributed by atoms with Gasteiger partial charge in [-0.1, -0.05) is 29.8 Å². The van der Waals surface area contributed by atoms with Crippen LogP contribution in [0.3, 0.4) is 0 Å². The van der Waals surface area contributed by atoms with Crippen molar-refractivity contribution in [3.05, 3.63) is 87.2 Å². The zero-order valence-electron chi connectivity index (χ0n) is 22.1. The fourth-order valence-corrected chi connectivity index (χ4v) is 4.49. The summed E-state index contributed by atoms with van der Waals surface area (Å²) in [6.07, 6.45) is 2.43. The number of nitro benzene ring substituents is 1. The van der Waals surface area contributed by atoms with E-state index in [-0.39, 0.29) is 23.6 Å². The second-order valence-corrected chi connectivity index (χ2v) is 10.5. The van der Waals surface area contributed by atoms with E-state index < -0.39 is 10.5 Å². The van der Waals surface area contributed by atoms with Crippen LogP contribution >= 0.6 is 0 Å². The minimum atomic E-state index is -0.578. The molecule has 0 radical (unpaired) electrons. The maximum Gasteiger partial charge on any atom is 0.410 e. The molecule has 10 nitrogen and oxygen atoms in total. The molecule has 1 aromatic heterocycles. The molecule has 0 bridgehead atoms. The molecule has 4 rings (SSSR count). The Balaban J connectivity index is 1.58. The van der Waals surface area contributed by atoms with Crippen molar-refractivity contribution in [3.63, 3.8) is 0 Å². The van der Waals surface area contributed by atoms with Crippen molar-refractivity contribution in [2.45, 2.75) is 58.6 Å². The number of nitrogens with zero attached hydrogens (tertiary/aromatic N) is 4. The largest absolute Gasteiger partial charge is 0.444 e. The number of aryl methyl sites for hydroxylation is 1. The maximum atomic E-state index is 13.3. The Morgan fingerprint density at radius 1 is 1.08 bits per heavy atom. The maximum absolute atomic E-state index is 13.3. The van der Waals surface area contributed by atoms with Crippen LogP contribution in [0.25, 0.3) is 5.69 Å². The summed E-state index contributed by atoms with van der Waals surface area (Å²) in [6.45, 7) is 8.85. The number of aromatic nitrogens is 2. The molecule has 0 unspecified atom stereocenters. The summed E-state index contributed by atoms with van der Waals surface area (Å²) in [6, 6.07) is 14.0. The molecule has 1 N–H and O–H groups in total. The van der Waals surface area contributed by atoms with Crippen LogP contribution in [0, 0.1) is 17.0 Å². The molecular weight excluding hydrogens is 486 g/mol. The lowest BCUT2D eigenvalue weighted by atomic mass is 9.90. The van der Waals surface area contributed by atoms with E-state index in [1.165, 1.54) is 12.1 Å². The van der Waals surface area contributed by atoms with Gasteiger partial charge in [-0.15, -0.1) is 0 Å². The summed E-state index contributed by atoms with van der Waals surface area (Å²) in [4.78, 5) is 38.2. The van der Waals surface area contributed by atoms with E-state index in [1.54, 1.807) is 27.9 Å². The molecule has 1 aliphatic heterocycles. The highest BCUT2D eigenvalue weighted by atomic mass is 16.6. The van der Waals surface area contributed by atoms with Gasteiger partial charge in [-0.25, -0.2) is 9.48 Å². The average molecular weight is 520 g/mol. The fraction of sp³-hybridized carbons (Fsp3) is 0.393. The van der Waals surface area contributed by atoms with Gasteiger partial charge in [0.2, 0.25) is 0 Å². The Morgan fingerprint density at radius 2 is 1.71 bits per heavy atom. The van der Waals surface area contributed by atoms with Crippen LogP contribution in [0.15, 0.2) is 54.7 Å². The highest BCUT2D eigenvalue weighted by Crippen LogP contribution is 2.33. The van der Waals surface area contributed by atoms with Gasteiger partial charge < -0.3 is 15.0 Å². The van der Waals surface area contributed by atoms with E-state index in [2.05, 4.69) is 10.4 Å². The number of nitro groups is 1. The predicted octanol–water partition coefficient (Wildman–Crippen LogP) is 5.13. The highest BCUT2D eigenvalue weighted by Gasteiger charge is 2.32. The zero-order chi connectivity index (χ0) is 27.4. The first kappa shape index (κ1) is 26.8. The molecule has 0 saturated carbocycles. The summed E-state index contributed by atoms with van der Waals surface area (Å²) in [7, 11) is 0. The number of hydrogen-bond donors (Lipinski definition) is 1. The number of benzene rings is 2. The normalized spacial score (nSPS) is 14.3. The van der Waals surface area contributed by atoms with E-state index in [4.69, 9.17) is 4.74 Å². The van der Waals surface area contributed by atoms with Crippen molar-refractivity contribution in [3.8, 4) is 5.69 Å². The van der Waals surface area contributed by atoms with E-state index >= 15 is 0 Å². The van der Waals surface area contributed by atoms with Crippen LogP contribution in [-0.4, -0.2) is 50.3 Å². The second kappa shape index (κ2) is 11.0. The van der Waals surface area contributed by atoms with Crippen LogP contribution < -0.4 is 5.32 Å². The molecule has 0 atom stereocenters. The number of ether oxygens (including phenoxy) is 1. The molecule has 10 heteroatoms. The summed E-state index contributed by atoms with van der Waals surface area (Å²) >= 11 is 0. The van der Waals surface area contributed by atoms with Crippen molar-refractivity contribution in [1.82, 2.24) is 20.0 Å². The smallest absolute Gasteiger partial charge is 0.410 e. The Bertz CT molecular complexity index is 1300. The van der Waals surface area contributed by atoms with Crippen molar-refractivity contribution in [2.75, 3.05) is 13.1 Å². The van der Waals surface area contributed by atoms with Gasteiger partial charge in [0.05, 0.1) is 28.1 Å². The lowest BCUT2D eigenvalue weighted by molar-refractivity contribution is -0.384. The monoisotopic (exact) mass is 519 g/mol. The molecule has 1 fully saturated rings. The van der Waals surface area contributed by atoms with Crippen molar-refractivity contribution >= 4 is 17.7 Å². The quantitative estimate of drug-likeness (QED) is 0.356. The van der Waals surface area contributed by atoms with Crippen LogP contribution in [0.1, 0.15) is 66.7 Å². The average Bonchev–Trinajstić information content (AvgIpc) is 3.32. The van der Waals surface area contributed by atoms with Crippen LogP contribution in [0.5, 0.6) is 0 Å². The molecule has 2 amide bonds. The Kier molecular flexibility index (Phi) is 7.80. The van der Waals surface area contributed by atoms with Gasteiger partial charge in [-0.2, -0.15) is 5.10 Å². The second-order valence-electron chi connectivity index (χ2n) is 10.5.